The minimum absolute atomic E-state index is 0.259. The fourth-order valence-electron chi connectivity index (χ4n) is 3.31. The Morgan fingerprint density at radius 2 is 2.00 bits per heavy atom. The number of hydrogen-bond donors (Lipinski definition) is 0. The first-order valence-electron chi connectivity index (χ1n) is 8.81. The Balaban J connectivity index is 1.39. The van der Waals surface area contributed by atoms with E-state index in [2.05, 4.69) is 6.92 Å². The van der Waals surface area contributed by atoms with Crippen LogP contribution in [0.5, 0.6) is 11.5 Å². The number of fused-ring (bicyclic) bond motifs is 2. The van der Waals surface area contributed by atoms with Crippen molar-refractivity contribution in [3.05, 3.63) is 45.1 Å². The first-order chi connectivity index (χ1) is 12.6. The van der Waals surface area contributed by atoms with Crippen molar-refractivity contribution in [2.24, 2.45) is 5.92 Å². The Bertz CT molecular complexity index is 854. The molecule has 6 heteroatoms. The zero-order valence-electron chi connectivity index (χ0n) is 14.6. The van der Waals surface area contributed by atoms with Crippen LogP contribution in [0.2, 0.25) is 0 Å². The van der Waals surface area contributed by atoms with E-state index in [4.69, 9.17) is 14.2 Å². The lowest BCUT2D eigenvalue weighted by atomic mass is 9.90. The molecular formula is C20H20O5S. The van der Waals surface area contributed by atoms with E-state index in [1.165, 1.54) is 21.8 Å². The summed E-state index contributed by atoms with van der Waals surface area (Å²) in [6, 6.07) is 6.93. The predicted octanol–water partition coefficient (Wildman–Crippen LogP) is 3.68. The Labute approximate surface area is 155 Å². The third-order valence-electron chi connectivity index (χ3n) is 4.73. The SMILES string of the molecule is CC1CCc2sc(C(=O)OCC(=O)c3ccc4c(c3)OCCO4)cc2C1. The van der Waals surface area contributed by atoms with E-state index >= 15 is 0 Å². The number of esters is 1. The van der Waals surface area contributed by atoms with Gasteiger partial charge in [0.25, 0.3) is 0 Å². The lowest BCUT2D eigenvalue weighted by Crippen LogP contribution is -2.17. The molecule has 0 amide bonds. The molecule has 1 aliphatic heterocycles. The second-order valence-corrected chi connectivity index (χ2v) is 7.90. The van der Waals surface area contributed by atoms with E-state index in [1.807, 2.05) is 6.07 Å². The molecule has 2 heterocycles. The van der Waals surface area contributed by atoms with Gasteiger partial charge >= 0.3 is 5.97 Å². The van der Waals surface area contributed by atoms with Crippen LogP contribution < -0.4 is 9.47 Å². The number of carbonyl (C=O) groups excluding carboxylic acids is 2. The largest absolute Gasteiger partial charge is 0.486 e. The summed E-state index contributed by atoms with van der Waals surface area (Å²) in [4.78, 5) is 26.5. The van der Waals surface area contributed by atoms with Crippen LogP contribution in [0.15, 0.2) is 24.3 Å². The summed E-state index contributed by atoms with van der Waals surface area (Å²) in [6.07, 6.45) is 3.18. The minimum atomic E-state index is -0.428. The van der Waals surface area contributed by atoms with Crippen molar-refractivity contribution in [1.82, 2.24) is 0 Å². The molecule has 2 aliphatic rings. The number of ketones is 1. The molecule has 1 aliphatic carbocycles. The smallest absolute Gasteiger partial charge is 0.348 e. The van der Waals surface area contributed by atoms with Gasteiger partial charge in [-0.05, 0) is 55.0 Å². The van der Waals surface area contributed by atoms with Crippen LogP contribution in [0.3, 0.4) is 0 Å². The van der Waals surface area contributed by atoms with E-state index in [0.717, 1.165) is 19.3 Å². The molecule has 0 bridgehead atoms. The molecule has 5 nitrogen and oxygen atoms in total. The van der Waals surface area contributed by atoms with Crippen LogP contribution in [0, 0.1) is 5.92 Å². The number of ether oxygens (including phenoxy) is 3. The summed E-state index contributed by atoms with van der Waals surface area (Å²) in [5, 5.41) is 0. The van der Waals surface area contributed by atoms with Crippen LogP contribution in [0.4, 0.5) is 0 Å². The molecule has 1 unspecified atom stereocenters. The van der Waals surface area contributed by atoms with Crippen LogP contribution in [-0.4, -0.2) is 31.6 Å². The Kier molecular flexibility index (Phi) is 4.68. The van der Waals surface area contributed by atoms with Gasteiger partial charge < -0.3 is 14.2 Å². The normalized spacial score (nSPS) is 18.1. The van der Waals surface area contributed by atoms with Crippen molar-refractivity contribution >= 4 is 23.1 Å². The molecule has 0 fully saturated rings. The highest BCUT2D eigenvalue weighted by atomic mass is 32.1. The van der Waals surface area contributed by atoms with Gasteiger partial charge in [0.05, 0.1) is 0 Å². The fraction of sp³-hybridized carbons (Fsp3) is 0.400. The van der Waals surface area contributed by atoms with Gasteiger partial charge in [0.1, 0.15) is 18.1 Å². The predicted molar refractivity (Wildman–Crippen MR) is 97.6 cm³/mol. The summed E-state index contributed by atoms with van der Waals surface area (Å²) in [6.45, 7) is 2.91. The molecule has 1 aromatic heterocycles. The van der Waals surface area contributed by atoms with Crippen LogP contribution in [0.1, 0.15) is 43.8 Å². The molecule has 1 aromatic carbocycles. The van der Waals surface area contributed by atoms with Crippen LogP contribution in [-0.2, 0) is 17.6 Å². The van der Waals surface area contributed by atoms with Gasteiger partial charge in [0.15, 0.2) is 23.9 Å². The fourth-order valence-corrected chi connectivity index (χ4v) is 4.41. The second-order valence-electron chi connectivity index (χ2n) is 6.76. The van der Waals surface area contributed by atoms with Crippen LogP contribution >= 0.6 is 11.3 Å². The van der Waals surface area contributed by atoms with E-state index in [1.54, 1.807) is 18.2 Å². The van der Waals surface area contributed by atoms with Gasteiger partial charge in [0, 0.05) is 10.4 Å². The summed E-state index contributed by atoms with van der Waals surface area (Å²) >= 11 is 1.49. The van der Waals surface area contributed by atoms with Gasteiger partial charge in [-0.1, -0.05) is 6.92 Å². The van der Waals surface area contributed by atoms with E-state index < -0.39 is 5.97 Å². The summed E-state index contributed by atoms with van der Waals surface area (Å²) in [5.41, 5.74) is 1.69. The average Bonchev–Trinajstić information content (AvgIpc) is 3.08. The molecule has 0 saturated heterocycles. The van der Waals surface area contributed by atoms with E-state index in [9.17, 15) is 9.59 Å². The number of aryl methyl sites for hydroxylation is 1. The van der Waals surface area contributed by atoms with Gasteiger partial charge in [-0.2, -0.15) is 0 Å². The highest BCUT2D eigenvalue weighted by Gasteiger charge is 2.22. The molecule has 1 atom stereocenters. The first-order valence-corrected chi connectivity index (χ1v) is 9.63. The molecule has 0 saturated carbocycles. The molecule has 26 heavy (non-hydrogen) atoms. The Morgan fingerprint density at radius 1 is 1.19 bits per heavy atom. The topological polar surface area (TPSA) is 61.8 Å². The van der Waals surface area contributed by atoms with Gasteiger partial charge in [-0.3, -0.25) is 4.79 Å². The summed E-state index contributed by atoms with van der Waals surface area (Å²) in [5.74, 6) is 1.14. The molecule has 0 spiro atoms. The van der Waals surface area contributed by atoms with E-state index in [-0.39, 0.29) is 12.4 Å². The third kappa shape index (κ3) is 3.46. The lowest BCUT2D eigenvalue weighted by Gasteiger charge is -2.18. The molecule has 0 N–H and O–H groups in total. The van der Waals surface area contributed by atoms with Crippen molar-refractivity contribution in [3.8, 4) is 11.5 Å². The zero-order valence-corrected chi connectivity index (χ0v) is 15.4. The highest BCUT2D eigenvalue weighted by molar-refractivity contribution is 7.14. The molecular weight excluding hydrogens is 352 g/mol. The summed E-state index contributed by atoms with van der Waals surface area (Å²) < 4.78 is 16.2. The number of carbonyl (C=O) groups is 2. The standard InChI is InChI=1S/C20H20O5S/c1-12-2-5-18-14(8-12)10-19(26-18)20(22)25-11-15(21)13-3-4-16-17(9-13)24-7-6-23-16/h3-4,9-10,12H,2,5-8,11H2,1H3. The first kappa shape index (κ1) is 17.1. The summed E-state index contributed by atoms with van der Waals surface area (Å²) in [7, 11) is 0. The van der Waals surface area contributed by atoms with Crippen molar-refractivity contribution in [1.29, 1.82) is 0 Å². The maximum Gasteiger partial charge on any atom is 0.348 e. The number of thiophene rings is 1. The molecule has 136 valence electrons. The van der Waals surface area contributed by atoms with Crippen molar-refractivity contribution in [3.63, 3.8) is 0 Å². The highest BCUT2D eigenvalue weighted by Crippen LogP contribution is 2.33. The second kappa shape index (κ2) is 7.11. The van der Waals surface area contributed by atoms with E-state index in [0.29, 0.717) is 41.1 Å². The Hall–Kier alpha value is -2.34. The zero-order chi connectivity index (χ0) is 18.1. The number of hydrogen-bond acceptors (Lipinski definition) is 6. The molecule has 0 radical (unpaired) electrons. The number of Topliss-reactive ketones (excluding diaryl/α,β-unsaturated/α-hetero) is 1. The maximum absolute atomic E-state index is 12.3. The number of benzene rings is 1. The third-order valence-corrected chi connectivity index (χ3v) is 5.95. The van der Waals surface area contributed by atoms with Crippen LogP contribution in [0.25, 0.3) is 0 Å². The average molecular weight is 372 g/mol. The Morgan fingerprint density at radius 3 is 2.85 bits per heavy atom. The monoisotopic (exact) mass is 372 g/mol. The van der Waals surface area contributed by atoms with Gasteiger partial charge in [-0.15, -0.1) is 11.3 Å². The van der Waals surface area contributed by atoms with Gasteiger partial charge in [-0.25, -0.2) is 4.79 Å². The number of rotatable bonds is 4. The van der Waals surface area contributed by atoms with Crippen molar-refractivity contribution in [2.45, 2.75) is 26.2 Å². The lowest BCUT2D eigenvalue weighted by molar-refractivity contribution is 0.0479. The maximum atomic E-state index is 12.3. The quantitative estimate of drug-likeness (QED) is 0.605. The van der Waals surface area contributed by atoms with Gasteiger partial charge in [0.2, 0.25) is 0 Å². The van der Waals surface area contributed by atoms with Crippen molar-refractivity contribution < 1.29 is 23.8 Å². The van der Waals surface area contributed by atoms with Crippen molar-refractivity contribution in [2.75, 3.05) is 19.8 Å². The molecule has 4 rings (SSSR count). The molecule has 2 aromatic rings. The minimum Gasteiger partial charge on any atom is -0.486 e.